The van der Waals surface area contributed by atoms with Gasteiger partial charge in [-0.1, -0.05) is 6.42 Å². The van der Waals surface area contributed by atoms with E-state index < -0.39 is 0 Å². The fourth-order valence-electron chi connectivity index (χ4n) is 2.98. The van der Waals surface area contributed by atoms with E-state index in [4.69, 9.17) is 4.74 Å². The number of fused-ring (bicyclic) bond motifs is 1. The molecule has 22 heavy (non-hydrogen) atoms. The van der Waals surface area contributed by atoms with Crippen molar-refractivity contribution in [1.82, 2.24) is 5.32 Å². The first-order valence-electron chi connectivity index (χ1n) is 8.21. The Balaban J connectivity index is 1.50. The summed E-state index contributed by atoms with van der Waals surface area (Å²) < 4.78 is 5.16. The molecular weight excluding hydrogens is 298 g/mol. The monoisotopic (exact) mass is 321 g/mol. The van der Waals surface area contributed by atoms with E-state index in [1.165, 1.54) is 53.9 Å². The standard InChI is InChI=1S/C17H23NO3S/c1-11(12-7-8-12)18-16(19)10-21-17(20)15-9-13-5-3-2-4-6-14(13)22-15/h9,11-12H,2-8,10H2,1H3,(H,18,19)/t11-/m1/s1. The molecule has 1 saturated carbocycles. The van der Waals surface area contributed by atoms with Crippen LogP contribution in [-0.4, -0.2) is 24.5 Å². The number of ether oxygens (including phenoxy) is 1. The minimum absolute atomic E-state index is 0.182. The predicted octanol–water partition coefficient (Wildman–Crippen LogP) is 3.09. The van der Waals surface area contributed by atoms with E-state index in [1.807, 2.05) is 13.0 Å². The zero-order chi connectivity index (χ0) is 15.5. The van der Waals surface area contributed by atoms with Crippen molar-refractivity contribution < 1.29 is 14.3 Å². The van der Waals surface area contributed by atoms with Crippen LogP contribution >= 0.6 is 11.3 Å². The lowest BCUT2D eigenvalue weighted by Gasteiger charge is -2.12. The first-order valence-corrected chi connectivity index (χ1v) is 9.03. The average molecular weight is 321 g/mol. The molecule has 0 bridgehead atoms. The summed E-state index contributed by atoms with van der Waals surface area (Å²) in [6.45, 7) is 1.83. The van der Waals surface area contributed by atoms with Crippen molar-refractivity contribution in [2.24, 2.45) is 5.92 Å². The van der Waals surface area contributed by atoms with E-state index >= 15 is 0 Å². The van der Waals surface area contributed by atoms with Gasteiger partial charge >= 0.3 is 5.97 Å². The summed E-state index contributed by atoms with van der Waals surface area (Å²) in [6, 6.07) is 2.14. The molecule has 1 fully saturated rings. The van der Waals surface area contributed by atoms with Crippen LogP contribution in [0.15, 0.2) is 6.07 Å². The molecule has 1 amide bonds. The summed E-state index contributed by atoms with van der Waals surface area (Å²) in [5.41, 5.74) is 1.29. The Hall–Kier alpha value is -1.36. The summed E-state index contributed by atoms with van der Waals surface area (Å²) in [5, 5.41) is 2.89. The Morgan fingerprint density at radius 2 is 2.09 bits per heavy atom. The second kappa shape index (κ2) is 6.82. The number of carbonyl (C=O) groups is 2. The van der Waals surface area contributed by atoms with Crippen LogP contribution in [0.2, 0.25) is 0 Å². The van der Waals surface area contributed by atoms with Crippen molar-refractivity contribution in [1.29, 1.82) is 0 Å². The predicted molar refractivity (Wildman–Crippen MR) is 86.2 cm³/mol. The number of hydrogen-bond donors (Lipinski definition) is 1. The zero-order valence-corrected chi connectivity index (χ0v) is 13.8. The van der Waals surface area contributed by atoms with Crippen molar-refractivity contribution >= 4 is 23.2 Å². The second-order valence-electron chi connectivity index (χ2n) is 6.39. The number of hydrogen-bond acceptors (Lipinski definition) is 4. The minimum atomic E-state index is -0.368. The molecule has 5 heteroatoms. The number of nitrogens with one attached hydrogen (secondary N) is 1. The molecule has 1 N–H and O–H groups in total. The summed E-state index contributed by atoms with van der Waals surface area (Å²) in [6.07, 6.45) is 8.14. The fraction of sp³-hybridized carbons (Fsp3) is 0.647. The number of rotatable bonds is 5. The third kappa shape index (κ3) is 3.88. The van der Waals surface area contributed by atoms with Crippen LogP contribution in [-0.2, 0) is 22.4 Å². The van der Waals surface area contributed by atoms with E-state index in [2.05, 4.69) is 5.32 Å². The van der Waals surface area contributed by atoms with E-state index in [0.29, 0.717) is 10.8 Å². The lowest BCUT2D eigenvalue weighted by atomic mass is 10.1. The van der Waals surface area contributed by atoms with E-state index in [0.717, 1.165) is 12.8 Å². The van der Waals surface area contributed by atoms with Gasteiger partial charge in [0, 0.05) is 10.9 Å². The van der Waals surface area contributed by atoms with Gasteiger partial charge in [-0.05, 0) is 63.0 Å². The third-order valence-electron chi connectivity index (χ3n) is 4.50. The Kier molecular flexibility index (Phi) is 4.81. The molecule has 2 aliphatic rings. The van der Waals surface area contributed by atoms with E-state index in [1.54, 1.807) is 0 Å². The maximum absolute atomic E-state index is 12.1. The molecule has 4 nitrogen and oxygen atoms in total. The normalized spacial score (nSPS) is 19.0. The van der Waals surface area contributed by atoms with Gasteiger partial charge in [-0.2, -0.15) is 0 Å². The quantitative estimate of drug-likeness (QED) is 0.670. The maximum Gasteiger partial charge on any atom is 0.348 e. The van der Waals surface area contributed by atoms with Crippen LogP contribution in [0.1, 0.15) is 59.1 Å². The molecule has 0 aromatic carbocycles. The highest BCUT2D eigenvalue weighted by Crippen LogP contribution is 2.32. The van der Waals surface area contributed by atoms with E-state index in [9.17, 15) is 9.59 Å². The molecule has 2 aliphatic carbocycles. The van der Waals surface area contributed by atoms with Gasteiger partial charge in [0.2, 0.25) is 0 Å². The number of thiophene rings is 1. The van der Waals surface area contributed by atoms with Crippen molar-refractivity contribution in [2.45, 2.75) is 57.9 Å². The third-order valence-corrected chi connectivity index (χ3v) is 5.72. The van der Waals surface area contributed by atoms with Crippen molar-refractivity contribution in [3.63, 3.8) is 0 Å². The first kappa shape index (κ1) is 15.5. The zero-order valence-electron chi connectivity index (χ0n) is 13.0. The van der Waals surface area contributed by atoms with Gasteiger partial charge in [0.15, 0.2) is 6.61 Å². The summed E-state index contributed by atoms with van der Waals surface area (Å²) >= 11 is 1.53. The van der Waals surface area contributed by atoms with Crippen LogP contribution in [0.5, 0.6) is 0 Å². The SMILES string of the molecule is C[C@@H](NC(=O)COC(=O)c1cc2c(s1)CCCCC2)C1CC1. The van der Waals surface area contributed by atoms with Crippen LogP contribution in [0.4, 0.5) is 0 Å². The van der Waals surface area contributed by atoms with Crippen LogP contribution in [0, 0.1) is 5.92 Å². The van der Waals surface area contributed by atoms with Gasteiger partial charge < -0.3 is 10.1 Å². The number of aryl methyl sites for hydroxylation is 2. The first-order chi connectivity index (χ1) is 10.6. The Bertz CT molecular complexity index is 539. The molecule has 3 rings (SSSR count). The summed E-state index contributed by atoms with van der Waals surface area (Å²) in [4.78, 5) is 25.8. The van der Waals surface area contributed by atoms with Crippen LogP contribution < -0.4 is 5.32 Å². The number of amides is 1. The molecule has 0 aliphatic heterocycles. The summed E-state index contributed by atoms with van der Waals surface area (Å²) in [7, 11) is 0. The smallest absolute Gasteiger partial charge is 0.348 e. The molecule has 1 aromatic heterocycles. The summed E-state index contributed by atoms with van der Waals surface area (Å²) in [5.74, 6) is 0.0331. The van der Waals surface area contributed by atoms with Gasteiger partial charge in [-0.25, -0.2) is 4.79 Å². The van der Waals surface area contributed by atoms with E-state index in [-0.39, 0.29) is 24.5 Å². The molecule has 0 spiro atoms. The van der Waals surface area contributed by atoms with Gasteiger partial charge in [0.05, 0.1) is 0 Å². The number of carbonyl (C=O) groups excluding carboxylic acids is 2. The lowest BCUT2D eigenvalue weighted by molar-refractivity contribution is -0.124. The van der Waals surface area contributed by atoms with Crippen molar-refractivity contribution in [3.05, 3.63) is 21.4 Å². The Morgan fingerprint density at radius 3 is 2.86 bits per heavy atom. The number of esters is 1. The van der Waals surface area contributed by atoms with Gasteiger partial charge in [-0.15, -0.1) is 11.3 Å². The van der Waals surface area contributed by atoms with Gasteiger partial charge in [0.1, 0.15) is 4.88 Å². The van der Waals surface area contributed by atoms with Gasteiger partial charge in [0.25, 0.3) is 5.91 Å². The highest BCUT2D eigenvalue weighted by Gasteiger charge is 2.29. The maximum atomic E-state index is 12.1. The van der Waals surface area contributed by atoms with Crippen molar-refractivity contribution in [3.8, 4) is 0 Å². The highest BCUT2D eigenvalue weighted by atomic mass is 32.1. The largest absolute Gasteiger partial charge is 0.451 e. The second-order valence-corrected chi connectivity index (χ2v) is 7.53. The fourth-order valence-corrected chi connectivity index (χ4v) is 4.13. The molecular formula is C17H23NO3S. The van der Waals surface area contributed by atoms with Crippen molar-refractivity contribution in [2.75, 3.05) is 6.61 Å². The Labute approximate surface area is 135 Å². The molecule has 0 saturated heterocycles. The molecule has 0 unspecified atom stereocenters. The highest BCUT2D eigenvalue weighted by molar-refractivity contribution is 7.14. The molecule has 0 radical (unpaired) electrons. The molecule has 120 valence electrons. The van der Waals surface area contributed by atoms with Crippen LogP contribution in [0.25, 0.3) is 0 Å². The molecule has 1 aromatic rings. The minimum Gasteiger partial charge on any atom is -0.451 e. The Morgan fingerprint density at radius 1 is 1.32 bits per heavy atom. The molecule has 1 heterocycles. The average Bonchev–Trinajstić information content (AvgIpc) is 3.30. The lowest BCUT2D eigenvalue weighted by Crippen LogP contribution is -2.37. The topological polar surface area (TPSA) is 55.4 Å². The molecule has 1 atom stereocenters. The van der Waals surface area contributed by atoms with Gasteiger partial charge in [-0.3, -0.25) is 4.79 Å². The van der Waals surface area contributed by atoms with Crippen LogP contribution in [0.3, 0.4) is 0 Å².